The number of non-ortho nitro benzene ring substituents is 1. The predicted molar refractivity (Wildman–Crippen MR) is 114 cm³/mol. The average Bonchev–Trinajstić information content (AvgIpc) is 3.19. The third-order valence-electron chi connectivity index (χ3n) is 3.88. The average molecular weight is 409 g/mol. The van der Waals surface area contributed by atoms with Crippen LogP contribution in [0.1, 0.15) is 18.9 Å². The first-order valence-corrected chi connectivity index (χ1v) is 9.86. The molecular weight excluding hydrogens is 390 g/mol. The lowest BCUT2D eigenvalue weighted by Crippen LogP contribution is -2.07. The molecule has 0 saturated heterocycles. The fourth-order valence-electron chi connectivity index (χ4n) is 2.52. The number of rotatable bonds is 8. The molecule has 0 aliphatic carbocycles. The number of nitrogens with zero attached hydrogens (tertiary/aromatic N) is 2. The molecule has 0 radical (unpaired) electrons. The highest BCUT2D eigenvalue weighted by Gasteiger charge is 2.11. The lowest BCUT2D eigenvalue weighted by molar-refractivity contribution is -0.384. The van der Waals surface area contributed by atoms with Gasteiger partial charge in [0.05, 0.1) is 17.2 Å². The highest BCUT2D eigenvalue weighted by Crippen LogP contribution is 2.27. The second-order valence-corrected chi connectivity index (χ2v) is 6.91. The zero-order chi connectivity index (χ0) is 20.6. The number of ether oxygens (including phenoxy) is 1. The van der Waals surface area contributed by atoms with E-state index in [1.165, 1.54) is 29.5 Å². The number of nitro benzene ring substituents is 1. The van der Waals surface area contributed by atoms with Gasteiger partial charge in [-0.3, -0.25) is 20.2 Å². The summed E-state index contributed by atoms with van der Waals surface area (Å²) in [5, 5.41) is 15.8. The van der Waals surface area contributed by atoms with Crippen LogP contribution in [0, 0.1) is 10.1 Å². The van der Waals surface area contributed by atoms with E-state index in [9.17, 15) is 14.9 Å². The van der Waals surface area contributed by atoms with E-state index < -0.39 is 4.92 Å². The molecule has 1 amide bonds. The van der Waals surface area contributed by atoms with Gasteiger partial charge < -0.3 is 4.74 Å². The van der Waals surface area contributed by atoms with Crippen molar-refractivity contribution >= 4 is 34.1 Å². The lowest BCUT2D eigenvalue weighted by atomic mass is 10.1. The van der Waals surface area contributed by atoms with Crippen molar-refractivity contribution in [2.24, 2.45) is 0 Å². The Hall–Kier alpha value is -3.52. The van der Waals surface area contributed by atoms with Gasteiger partial charge in [0.25, 0.3) is 5.69 Å². The van der Waals surface area contributed by atoms with Crippen LogP contribution in [-0.2, 0) is 4.79 Å². The van der Waals surface area contributed by atoms with Crippen LogP contribution < -0.4 is 10.1 Å². The molecule has 3 aromatic rings. The smallest absolute Gasteiger partial charge is 0.270 e. The standard InChI is InChI=1S/C21H19N3O4S/c1-2-12-28-19-9-4-3-6-15(19)10-11-20(25)23-21-22-18(14-29-21)16-7-5-8-17(13-16)24(26)27/h3-11,13-14H,2,12H2,1H3,(H,22,23,25). The van der Waals surface area contributed by atoms with Gasteiger partial charge in [-0.2, -0.15) is 0 Å². The molecule has 0 atom stereocenters. The van der Waals surface area contributed by atoms with Crippen molar-refractivity contribution in [1.29, 1.82) is 0 Å². The third kappa shape index (κ3) is 5.49. The quantitative estimate of drug-likeness (QED) is 0.315. The molecule has 29 heavy (non-hydrogen) atoms. The number of thiazole rings is 1. The molecule has 0 fully saturated rings. The molecule has 0 unspecified atom stereocenters. The van der Waals surface area contributed by atoms with E-state index in [1.807, 2.05) is 31.2 Å². The minimum absolute atomic E-state index is 0.00650. The highest BCUT2D eigenvalue weighted by molar-refractivity contribution is 7.14. The monoisotopic (exact) mass is 409 g/mol. The van der Waals surface area contributed by atoms with Crippen LogP contribution in [-0.4, -0.2) is 22.4 Å². The fourth-order valence-corrected chi connectivity index (χ4v) is 3.24. The van der Waals surface area contributed by atoms with E-state index in [0.29, 0.717) is 23.0 Å². The number of benzene rings is 2. The molecule has 8 heteroatoms. The van der Waals surface area contributed by atoms with Crippen LogP contribution in [0.5, 0.6) is 5.75 Å². The Morgan fingerprint density at radius 2 is 2.10 bits per heavy atom. The van der Waals surface area contributed by atoms with E-state index in [0.717, 1.165) is 17.7 Å². The number of hydrogen-bond donors (Lipinski definition) is 1. The van der Waals surface area contributed by atoms with Crippen LogP contribution in [0.25, 0.3) is 17.3 Å². The number of carbonyl (C=O) groups is 1. The summed E-state index contributed by atoms with van der Waals surface area (Å²) in [7, 11) is 0. The largest absolute Gasteiger partial charge is 0.493 e. The molecule has 0 spiro atoms. The van der Waals surface area contributed by atoms with Crippen LogP contribution in [0.2, 0.25) is 0 Å². The summed E-state index contributed by atoms with van der Waals surface area (Å²) in [6.07, 6.45) is 4.01. The number of aromatic nitrogens is 1. The maximum atomic E-state index is 12.2. The number of anilines is 1. The molecule has 0 saturated carbocycles. The Labute approximate surface area is 171 Å². The van der Waals surface area contributed by atoms with Crippen molar-refractivity contribution in [3.05, 3.63) is 75.7 Å². The fraction of sp³-hybridized carbons (Fsp3) is 0.143. The zero-order valence-corrected chi connectivity index (χ0v) is 16.5. The maximum absolute atomic E-state index is 12.2. The zero-order valence-electron chi connectivity index (χ0n) is 15.7. The van der Waals surface area contributed by atoms with E-state index in [-0.39, 0.29) is 11.6 Å². The van der Waals surface area contributed by atoms with Gasteiger partial charge in [-0.25, -0.2) is 4.98 Å². The molecular formula is C21H19N3O4S. The summed E-state index contributed by atoms with van der Waals surface area (Å²) in [5.41, 5.74) is 1.99. The van der Waals surface area contributed by atoms with E-state index in [4.69, 9.17) is 4.74 Å². The summed E-state index contributed by atoms with van der Waals surface area (Å²) in [6.45, 7) is 2.64. The number of carbonyl (C=O) groups excluding carboxylic acids is 1. The van der Waals surface area contributed by atoms with Crippen molar-refractivity contribution < 1.29 is 14.5 Å². The van der Waals surface area contributed by atoms with Crippen LogP contribution in [0.4, 0.5) is 10.8 Å². The van der Waals surface area contributed by atoms with E-state index in [1.54, 1.807) is 23.6 Å². The molecule has 1 heterocycles. The number of hydrogen-bond acceptors (Lipinski definition) is 6. The van der Waals surface area contributed by atoms with Gasteiger partial charge >= 0.3 is 0 Å². The second kappa shape index (κ2) is 9.61. The van der Waals surface area contributed by atoms with Crippen molar-refractivity contribution in [2.75, 3.05) is 11.9 Å². The second-order valence-electron chi connectivity index (χ2n) is 6.05. The molecule has 1 aromatic heterocycles. The van der Waals surface area contributed by atoms with Crippen molar-refractivity contribution in [3.63, 3.8) is 0 Å². The maximum Gasteiger partial charge on any atom is 0.270 e. The van der Waals surface area contributed by atoms with Crippen LogP contribution in [0.3, 0.4) is 0 Å². The van der Waals surface area contributed by atoms with E-state index >= 15 is 0 Å². The first kappa shape index (κ1) is 20.2. The molecule has 7 nitrogen and oxygen atoms in total. The van der Waals surface area contributed by atoms with Crippen molar-refractivity contribution in [1.82, 2.24) is 4.98 Å². The Morgan fingerprint density at radius 1 is 1.28 bits per heavy atom. The minimum atomic E-state index is -0.453. The molecule has 148 valence electrons. The normalized spacial score (nSPS) is 10.8. The lowest BCUT2D eigenvalue weighted by Gasteiger charge is -2.07. The third-order valence-corrected chi connectivity index (χ3v) is 4.64. The summed E-state index contributed by atoms with van der Waals surface area (Å²) in [6, 6.07) is 13.7. The van der Waals surface area contributed by atoms with Crippen LogP contribution in [0.15, 0.2) is 60.0 Å². The first-order chi connectivity index (χ1) is 14.1. The highest BCUT2D eigenvalue weighted by atomic mass is 32.1. The number of para-hydroxylation sites is 1. The summed E-state index contributed by atoms with van der Waals surface area (Å²) in [5.74, 6) is 0.399. The van der Waals surface area contributed by atoms with Gasteiger partial charge in [-0.15, -0.1) is 11.3 Å². The molecule has 0 aliphatic rings. The van der Waals surface area contributed by atoms with Gasteiger partial charge in [0, 0.05) is 34.7 Å². The SMILES string of the molecule is CCCOc1ccccc1C=CC(=O)Nc1nc(-c2cccc([N+](=O)[O-])c2)cs1. The number of nitro groups is 1. The van der Waals surface area contributed by atoms with Gasteiger partial charge in [0.15, 0.2) is 5.13 Å². The molecule has 3 rings (SSSR count). The molecule has 0 aliphatic heterocycles. The Kier molecular flexibility index (Phi) is 6.70. The summed E-state index contributed by atoms with van der Waals surface area (Å²) in [4.78, 5) is 27.0. The molecule has 0 bridgehead atoms. The van der Waals surface area contributed by atoms with Gasteiger partial charge in [0.2, 0.25) is 5.91 Å². The number of amides is 1. The van der Waals surface area contributed by atoms with Crippen LogP contribution >= 0.6 is 11.3 Å². The topological polar surface area (TPSA) is 94.4 Å². The van der Waals surface area contributed by atoms with Crippen molar-refractivity contribution in [2.45, 2.75) is 13.3 Å². The Balaban J connectivity index is 1.67. The van der Waals surface area contributed by atoms with Gasteiger partial charge in [-0.1, -0.05) is 37.3 Å². The molecule has 2 aromatic carbocycles. The first-order valence-electron chi connectivity index (χ1n) is 8.98. The van der Waals surface area contributed by atoms with Gasteiger partial charge in [-0.05, 0) is 18.6 Å². The Bertz CT molecular complexity index is 1050. The van der Waals surface area contributed by atoms with Crippen molar-refractivity contribution in [3.8, 4) is 17.0 Å². The van der Waals surface area contributed by atoms with Gasteiger partial charge in [0.1, 0.15) is 5.75 Å². The van der Waals surface area contributed by atoms with E-state index in [2.05, 4.69) is 10.3 Å². The summed E-state index contributed by atoms with van der Waals surface area (Å²) >= 11 is 1.25. The predicted octanol–water partition coefficient (Wildman–Crippen LogP) is 5.16. The molecule has 1 N–H and O–H groups in total. The summed E-state index contributed by atoms with van der Waals surface area (Å²) < 4.78 is 5.67. The number of nitrogens with one attached hydrogen (secondary N) is 1. The Morgan fingerprint density at radius 3 is 2.90 bits per heavy atom. The minimum Gasteiger partial charge on any atom is -0.493 e.